The Morgan fingerprint density at radius 3 is 2.75 bits per heavy atom. The number of fused-ring (bicyclic) bond motifs is 3. The molecule has 2 aliphatic rings. The second-order valence-corrected chi connectivity index (χ2v) is 7.17. The van der Waals surface area contributed by atoms with E-state index >= 15 is 0 Å². The third-order valence-corrected chi connectivity index (χ3v) is 5.58. The molecule has 2 aromatic rings. The van der Waals surface area contributed by atoms with Gasteiger partial charge < -0.3 is 14.9 Å². The van der Waals surface area contributed by atoms with Crippen molar-refractivity contribution in [3.8, 4) is 11.5 Å². The van der Waals surface area contributed by atoms with Crippen LogP contribution in [0.4, 0.5) is 0 Å². The molecule has 2 N–H and O–H groups in total. The van der Waals surface area contributed by atoms with Crippen molar-refractivity contribution in [2.45, 2.75) is 56.7 Å². The molecule has 24 heavy (non-hydrogen) atoms. The number of aliphatic hydroxyl groups is 1. The molecule has 3 atom stereocenters. The standard InChI is InChI=1S/C21H24O3/c1-2-6-14-11-19-17(12-18(14)22)16-9-10-21(23,13-20(16)24-19)15-7-4-3-5-8-15/h3-5,7-8,11-12,16,20,22-23H,2,6,9-10,13H2,1H3/t16-,20+,21-/m1/s1. The second-order valence-electron chi connectivity index (χ2n) is 7.17. The molecular formula is C21H24O3. The summed E-state index contributed by atoms with van der Waals surface area (Å²) in [6.45, 7) is 2.10. The number of hydrogen-bond acceptors (Lipinski definition) is 3. The van der Waals surface area contributed by atoms with Crippen LogP contribution in [0.2, 0.25) is 0 Å². The van der Waals surface area contributed by atoms with E-state index < -0.39 is 5.60 Å². The monoisotopic (exact) mass is 324 g/mol. The van der Waals surface area contributed by atoms with Crippen molar-refractivity contribution in [3.63, 3.8) is 0 Å². The normalized spacial score (nSPS) is 28.1. The van der Waals surface area contributed by atoms with Gasteiger partial charge >= 0.3 is 0 Å². The summed E-state index contributed by atoms with van der Waals surface area (Å²) >= 11 is 0. The first-order valence-corrected chi connectivity index (χ1v) is 8.91. The minimum atomic E-state index is -0.821. The lowest BCUT2D eigenvalue weighted by Gasteiger charge is -2.38. The molecule has 1 heterocycles. The van der Waals surface area contributed by atoms with Gasteiger partial charge in [0, 0.05) is 17.9 Å². The summed E-state index contributed by atoms with van der Waals surface area (Å²) in [5.41, 5.74) is 2.21. The molecule has 3 heteroatoms. The summed E-state index contributed by atoms with van der Waals surface area (Å²) in [7, 11) is 0. The number of phenols is 1. The highest BCUT2D eigenvalue weighted by Crippen LogP contribution is 2.52. The maximum Gasteiger partial charge on any atom is 0.123 e. The van der Waals surface area contributed by atoms with E-state index in [9.17, 15) is 10.2 Å². The molecular weight excluding hydrogens is 300 g/mol. The van der Waals surface area contributed by atoms with Gasteiger partial charge in [0.15, 0.2) is 0 Å². The van der Waals surface area contributed by atoms with E-state index in [4.69, 9.17) is 4.74 Å². The molecule has 0 unspecified atom stereocenters. The maximum atomic E-state index is 11.1. The van der Waals surface area contributed by atoms with Crippen molar-refractivity contribution < 1.29 is 14.9 Å². The predicted octanol–water partition coefficient (Wildman–Crippen LogP) is 4.26. The lowest BCUT2D eigenvalue weighted by Crippen LogP contribution is -2.39. The molecule has 0 aromatic heterocycles. The lowest BCUT2D eigenvalue weighted by atomic mass is 9.72. The fourth-order valence-corrected chi connectivity index (χ4v) is 4.30. The molecule has 126 valence electrons. The minimum absolute atomic E-state index is 0.0183. The first kappa shape index (κ1) is 15.5. The number of ether oxygens (including phenoxy) is 1. The Morgan fingerprint density at radius 2 is 2.00 bits per heavy atom. The fraction of sp³-hybridized carbons (Fsp3) is 0.429. The van der Waals surface area contributed by atoms with E-state index in [1.54, 1.807) is 0 Å². The second kappa shape index (κ2) is 5.82. The lowest BCUT2D eigenvalue weighted by molar-refractivity contribution is -0.0429. The number of benzene rings is 2. The van der Waals surface area contributed by atoms with Crippen molar-refractivity contribution in [3.05, 3.63) is 59.2 Å². The molecule has 1 aliphatic heterocycles. The van der Waals surface area contributed by atoms with Crippen LogP contribution >= 0.6 is 0 Å². The zero-order valence-electron chi connectivity index (χ0n) is 14.0. The van der Waals surface area contributed by atoms with E-state index in [0.717, 1.165) is 48.1 Å². The van der Waals surface area contributed by atoms with E-state index in [0.29, 0.717) is 12.2 Å². The molecule has 0 bridgehead atoms. The van der Waals surface area contributed by atoms with Gasteiger partial charge in [0.25, 0.3) is 0 Å². The van der Waals surface area contributed by atoms with Crippen molar-refractivity contribution in [2.24, 2.45) is 0 Å². The van der Waals surface area contributed by atoms with Gasteiger partial charge in [-0.1, -0.05) is 43.7 Å². The Balaban J connectivity index is 1.62. The largest absolute Gasteiger partial charge is 0.508 e. The van der Waals surface area contributed by atoms with E-state index in [2.05, 4.69) is 6.92 Å². The van der Waals surface area contributed by atoms with Crippen LogP contribution in [-0.4, -0.2) is 16.3 Å². The first-order valence-electron chi connectivity index (χ1n) is 8.91. The number of rotatable bonds is 3. The average molecular weight is 324 g/mol. The maximum absolute atomic E-state index is 11.1. The quantitative estimate of drug-likeness (QED) is 0.887. The van der Waals surface area contributed by atoms with Gasteiger partial charge in [-0.15, -0.1) is 0 Å². The van der Waals surface area contributed by atoms with Crippen LogP contribution in [0.5, 0.6) is 11.5 Å². The van der Waals surface area contributed by atoms with E-state index in [-0.39, 0.29) is 12.0 Å². The highest BCUT2D eigenvalue weighted by molar-refractivity contribution is 5.51. The molecule has 1 saturated carbocycles. The van der Waals surface area contributed by atoms with Crippen LogP contribution in [0.1, 0.15) is 55.2 Å². The number of aryl methyl sites for hydroxylation is 1. The topological polar surface area (TPSA) is 49.7 Å². The summed E-state index contributed by atoms with van der Waals surface area (Å²) in [5.74, 6) is 1.54. The third kappa shape index (κ3) is 2.48. The van der Waals surface area contributed by atoms with Crippen molar-refractivity contribution >= 4 is 0 Å². The fourth-order valence-electron chi connectivity index (χ4n) is 4.30. The number of aromatic hydroxyl groups is 1. The van der Waals surface area contributed by atoms with Gasteiger partial charge in [0.1, 0.15) is 17.6 Å². The van der Waals surface area contributed by atoms with Gasteiger partial charge in [0.2, 0.25) is 0 Å². The van der Waals surface area contributed by atoms with Gasteiger partial charge in [-0.05, 0) is 42.5 Å². The minimum Gasteiger partial charge on any atom is -0.508 e. The van der Waals surface area contributed by atoms with Gasteiger partial charge in [0.05, 0.1) is 5.60 Å². The SMILES string of the molecule is CCCc1cc2c(cc1O)[C@H]1CC[C@](O)(c3ccccc3)C[C@@H]1O2. The van der Waals surface area contributed by atoms with Gasteiger partial charge in [-0.3, -0.25) is 0 Å². The van der Waals surface area contributed by atoms with Crippen LogP contribution in [0.15, 0.2) is 42.5 Å². The Labute approximate surface area is 142 Å². The molecule has 2 aromatic carbocycles. The molecule has 1 aliphatic carbocycles. The molecule has 4 rings (SSSR count). The highest BCUT2D eigenvalue weighted by Gasteiger charge is 2.46. The zero-order valence-corrected chi connectivity index (χ0v) is 14.0. The zero-order chi connectivity index (χ0) is 16.7. The molecule has 0 spiro atoms. The van der Waals surface area contributed by atoms with Crippen LogP contribution in [0.25, 0.3) is 0 Å². The summed E-state index contributed by atoms with van der Waals surface area (Å²) in [5, 5.41) is 21.4. The average Bonchev–Trinajstić information content (AvgIpc) is 2.92. The Kier molecular flexibility index (Phi) is 3.76. The van der Waals surface area contributed by atoms with Crippen molar-refractivity contribution in [1.82, 2.24) is 0 Å². The molecule has 0 radical (unpaired) electrons. The summed E-state index contributed by atoms with van der Waals surface area (Å²) in [6.07, 6.45) is 4.02. The summed E-state index contributed by atoms with van der Waals surface area (Å²) in [6, 6.07) is 13.8. The smallest absolute Gasteiger partial charge is 0.123 e. The number of hydrogen-bond donors (Lipinski definition) is 2. The van der Waals surface area contributed by atoms with Gasteiger partial charge in [-0.25, -0.2) is 0 Å². The highest BCUT2D eigenvalue weighted by atomic mass is 16.5. The third-order valence-electron chi connectivity index (χ3n) is 5.58. The van der Waals surface area contributed by atoms with Crippen molar-refractivity contribution in [1.29, 1.82) is 0 Å². The van der Waals surface area contributed by atoms with Crippen molar-refractivity contribution in [2.75, 3.05) is 0 Å². The van der Waals surface area contributed by atoms with Crippen LogP contribution in [0, 0.1) is 0 Å². The molecule has 0 saturated heterocycles. The van der Waals surface area contributed by atoms with E-state index in [1.807, 2.05) is 42.5 Å². The van der Waals surface area contributed by atoms with E-state index in [1.165, 1.54) is 0 Å². The van der Waals surface area contributed by atoms with Gasteiger partial charge in [-0.2, -0.15) is 0 Å². The first-order chi connectivity index (χ1) is 11.6. The van der Waals surface area contributed by atoms with Crippen LogP contribution < -0.4 is 4.74 Å². The van der Waals surface area contributed by atoms with Crippen LogP contribution in [0.3, 0.4) is 0 Å². The Bertz CT molecular complexity index is 740. The molecule has 3 nitrogen and oxygen atoms in total. The molecule has 1 fully saturated rings. The summed E-state index contributed by atoms with van der Waals surface area (Å²) in [4.78, 5) is 0. The van der Waals surface area contributed by atoms with Crippen LogP contribution in [-0.2, 0) is 12.0 Å². The number of phenolic OH excluding ortho intramolecular Hbond substituents is 1. The Hall–Kier alpha value is -2.00. The predicted molar refractivity (Wildman–Crippen MR) is 93.4 cm³/mol. The molecule has 0 amide bonds. The summed E-state index contributed by atoms with van der Waals surface area (Å²) < 4.78 is 6.20. The Morgan fingerprint density at radius 1 is 1.21 bits per heavy atom.